The lowest BCUT2D eigenvalue weighted by atomic mass is 10.0. The Morgan fingerprint density at radius 1 is 1.30 bits per heavy atom. The SMILES string of the molecule is CCc1ccc(C(CNC(=O)NC2CC2)N(C)C)cc1. The largest absolute Gasteiger partial charge is 0.336 e. The van der Waals surface area contributed by atoms with Crippen LogP contribution < -0.4 is 10.6 Å². The van der Waals surface area contributed by atoms with Gasteiger partial charge < -0.3 is 15.5 Å². The molecular formula is C16H25N3O. The van der Waals surface area contributed by atoms with E-state index in [1.807, 2.05) is 14.1 Å². The van der Waals surface area contributed by atoms with E-state index < -0.39 is 0 Å². The number of likely N-dealkylation sites (N-methyl/N-ethyl adjacent to an activating group) is 1. The number of hydrogen-bond acceptors (Lipinski definition) is 2. The van der Waals surface area contributed by atoms with Gasteiger partial charge in [0, 0.05) is 12.6 Å². The Hall–Kier alpha value is -1.55. The average Bonchev–Trinajstić information content (AvgIpc) is 3.23. The third kappa shape index (κ3) is 4.23. The highest BCUT2D eigenvalue weighted by Gasteiger charge is 2.23. The van der Waals surface area contributed by atoms with Crippen LogP contribution >= 0.6 is 0 Å². The summed E-state index contributed by atoms with van der Waals surface area (Å²) in [5, 5.41) is 5.92. The molecule has 1 saturated carbocycles. The average molecular weight is 275 g/mol. The fourth-order valence-corrected chi connectivity index (χ4v) is 2.23. The number of aryl methyl sites for hydroxylation is 1. The van der Waals surface area contributed by atoms with E-state index >= 15 is 0 Å². The fourth-order valence-electron chi connectivity index (χ4n) is 2.23. The predicted molar refractivity (Wildman–Crippen MR) is 81.8 cm³/mol. The van der Waals surface area contributed by atoms with Crippen molar-refractivity contribution in [3.8, 4) is 0 Å². The Balaban J connectivity index is 1.92. The first-order chi connectivity index (χ1) is 9.60. The van der Waals surface area contributed by atoms with Crippen LogP contribution in [-0.2, 0) is 6.42 Å². The second kappa shape index (κ2) is 6.75. The Morgan fingerprint density at radius 2 is 1.95 bits per heavy atom. The van der Waals surface area contributed by atoms with Crippen LogP contribution in [0.25, 0.3) is 0 Å². The first-order valence-corrected chi connectivity index (χ1v) is 7.39. The topological polar surface area (TPSA) is 44.4 Å². The van der Waals surface area contributed by atoms with Crippen molar-refractivity contribution >= 4 is 6.03 Å². The lowest BCUT2D eigenvalue weighted by molar-refractivity contribution is 0.232. The standard InChI is InChI=1S/C16H25N3O/c1-4-12-5-7-13(8-6-12)15(19(2)3)11-17-16(20)18-14-9-10-14/h5-8,14-15H,4,9-11H2,1-3H3,(H2,17,18,20). The molecule has 1 aromatic rings. The third-order valence-electron chi connectivity index (χ3n) is 3.76. The molecule has 2 rings (SSSR count). The molecule has 20 heavy (non-hydrogen) atoms. The van der Waals surface area contributed by atoms with Crippen LogP contribution in [0.15, 0.2) is 24.3 Å². The molecule has 110 valence electrons. The normalized spacial score (nSPS) is 16.0. The van der Waals surface area contributed by atoms with Crippen molar-refractivity contribution in [2.24, 2.45) is 0 Å². The van der Waals surface area contributed by atoms with Crippen LogP contribution in [0.3, 0.4) is 0 Å². The summed E-state index contributed by atoms with van der Waals surface area (Å²) in [6.07, 6.45) is 3.28. The molecule has 0 bridgehead atoms. The van der Waals surface area contributed by atoms with E-state index in [0.717, 1.165) is 19.3 Å². The zero-order valence-corrected chi connectivity index (χ0v) is 12.6. The highest BCUT2D eigenvalue weighted by atomic mass is 16.2. The molecule has 1 aromatic carbocycles. The molecule has 0 saturated heterocycles. The van der Waals surface area contributed by atoms with E-state index in [2.05, 4.69) is 46.7 Å². The summed E-state index contributed by atoms with van der Waals surface area (Å²) in [5.74, 6) is 0. The zero-order valence-electron chi connectivity index (χ0n) is 12.6. The number of benzene rings is 1. The molecule has 1 atom stereocenters. The van der Waals surface area contributed by atoms with Gasteiger partial charge in [0.25, 0.3) is 0 Å². The Bertz CT molecular complexity index is 438. The minimum atomic E-state index is -0.0514. The molecule has 1 unspecified atom stereocenters. The van der Waals surface area contributed by atoms with Crippen LogP contribution in [0.2, 0.25) is 0 Å². The second-order valence-corrected chi connectivity index (χ2v) is 5.70. The van der Waals surface area contributed by atoms with Crippen molar-refractivity contribution in [1.29, 1.82) is 0 Å². The van der Waals surface area contributed by atoms with E-state index in [1.54, 1.807) is 0 Å². The van der Waals surface area contributed by atoms with Gasteiger partial charge in [-0.15, -0.1) is 0 Å². The van der Waals surface area contributed by atoms with Crippen molar-refractivity contribution in [2.75, 3.05) is 20.6 Å². The number of rotatable bonds is 6. The van der Waals surface area contributed by atoms with Crippen molar-refractivity contribution in [2.45, 2.75) is 38.3 Å². The van der Waals surface area contributed by atoms with Crippen LogP contribution in [0.5, 0.6) is 0 Å². The number of nitrogens with zero attached hydrogens (tertiary/aromatic N) is 1. The molecule has 1 fully saturated rings. The Labute approximate surface area is 121 Å². The first kappa shape index (κ1) is 14.9. The van der Waals surface area contributed by atoms with Gasteiger partial charge in [0.15, 0.2) is 0 Å². The first-order valence-electron chi connectivity index (χ1n) is 7.39. The maximum atomic E-state index is 11.7. The van der Waals surface area contributed by atoms with Crippen molar-refractivity contribution in [3.05, 3.63) is 35.4 Å². The van der Waals surface area contributed by atoms with Gasteiger partial charge in [-0.3, -0.25) is 0 Å². The highest BCUT2D eigenvalue weighted by Crippen LogP contribution is 2.19. The van der Waals surface area contributed by atoms with E-state index in [4.69, 9.17) is 0 Å². The van der Waals surface area contributed by atoms with Crippen LogP contribution in [0, 0.1) is 0 Å². The Morgan fingerprint density at radius 3 is 2.45 bits per heavy atom. The summed E-state index contributed by atoms with van der Waals surface area (Å²) in [6, 6.07) is 9.19. The van der Waals surface area contributed by atoms with Crippen molar-refractivity contribution in [1.82, 2.24) is 15.5 Å². The number of nitrogens with one attached hydrogen (secondary N) is 2. The van der Waals surface area contributed by atoms with E-state index in [0.29, 0.717) is 12.6 Å². The number of hydrogen-bond donors (Lipinski definition) is 2. The minimum absolute atomic E-state index is 0.0514. The molecule has 4 heteroatoms. The Kier molecular flexibility index (Phi) is 5.01. The molecule has 0 aromatic heterocycles. The molecule has 1 aliphatic rings. The smallest absolute Gasteiger partial charge is 0.315 e. The van der Waals surface area contributed by atoms with E-state index in [9.17, 15) is 4.79 Å². The fraction of sp³-hybridized carbons (Fsp3) is 0.562. The summed E-state index contributed by atoms with van der Waals surface area (Å²) in [6.45, 7) is 2.78. The molecule has 4 nitrogen and oxygen atoms in total. The van der Waals surface area contributed by atoms with Crippen molar-refractivity contribution in [3.63, 3.8) is 0 Å². The van der Waals surface area contributed by atoms with Crippen LogP contribution in [0.1, 0.15) is 36.9 Å². The quantitative estimate of drug-likeness (QED) is 0.837. The van der Waals surface area contributed by atoms with Gasteiger partial charge in [0.2, 0.25) is 0 Å². The summed E-state index contributed by atoms with van der Waals surface area (Å²) in [5.41, 5.74) is 2.57. The monoisotopic (exact) mass is 275 g/mol. The van der Waals surface area contributed by atoms with Gasteiger partial charge in [-0.05, 0) is 44.5 Å². The van der Waals surface area contributed by atoms with Gasteiger partial charge in [-0.2, -0.15) is 0 Å². The molecule has 0 spiro atoms. The summed E-state index contributed by atoms with van der Waals surface area (Å²) in [7, 11) is 4.08. The number of urea groups is 1. The molecular weight excluding hydrogens is 250 g/mol. The van der Waals surface area contributed by atoms with Gasteiger partial charge in [0.05, 0.1) is 6.04 Å². The maximum absolute atomic E-state index is 11.7. The van der Waals surface area contributed by atoms with Gasteiger partial charge in [0.1, 0.15) is 0 Å². The van der Waals surface area contributed by atoms with Gasteiger partial charge in [-0.25, -0.2) is 4.79 Å². The second-order valence-electron chi connectivity index (χ2n) is 5.70. The molecule has 0 heterocycles. The molecule has 0 aliphatic heterocycles. The summed E-state index contributed by atoms with van der Waals surface area (Å²) in [4.78, 5) is 13.8. The molecule has 1 aliphatic carbocycles. The predicted octanol–water partition coefficient (Wildman–Crippen LogP) is 2.31. The highest BCUT2D eigenvalue weighted by molar-refractivity contribution is 5.74. The van der Waals surface area contributed by atoms with Gasteiger partial charge in [-0.1, -0.05) is 31.2 Å². The third-order valence-corrected chi connectivity index (χ3v) is 3.76. The summed E-state index contributed by atoms with van der Waals surface area (Å²) < 4.78 is 0. The number of amides is 2. The van der Waals surface area contributed by atoms with E-state index in [-0.39, 0.29) is 12.1 Å². The van der Waals surface area contributed by atoms with E-state index in [1.165, 1.54) is 11.1 Å². The number of carbonyl (C=O) groups excluding carboxylic acids is 1. The van der Waals surface area contributed by atoms with Gasteiger partial charge >= 0.3 is 6.03 Å². The number of carbonyl (C=O) groups is 1. The zero-order chi connectivity index (χ0) is 14.5. The molecule has 0 radical (unpaired) electrons. The van der Waals surface area contributed by atoms with Crippen molar-refractivity contribution < 1.29 is 4.79 Å². The lowest BCUT2D eigenvalue weighted by Gasteiger charge is -2.25. The lowest BCUT2D eigenvalue weighted by Crippen LogP contribution is -2.41. The maximum Gasteiger partial charge on any atom is 0.315 e. The van der Waals surface area contributed by atoms with Crippen LogP contribution in [0.4, 0.5) is 4.79 Å². The molecule has 2 amide bonds. The summed E-state index contributed by atoms with van der Waals surface area (Å²) >= 11 is 0. The molecule has 2 N–H and O–H groups in total. The minimum Gasteiger partial charge on any atom is -0.336 e. The van der Waals surface area contributed by atoms with Crippen LogP contribution in [-0.4, -0.2) is 37.6 Å².